The van der Waals surface area contributed by atoms with E-state index in [1.54, 1.807) is 24.5 Å². The highest BCUT2D eigenvalue weighted by Gasteiger charge is 2.33. The van der Waals surface area contributed by atoms with Gasteiger partial charge in [0.15, 0.2) is 0 Å². The van der Waals surface area contributed by atoms with E-state index in [1.165, 1.54) is 35.7 Å². The lowest BCUT2D eigenvalue weighted by Crippen LogP contribution is -2.43. The number of hydrogen-bond acceptors (Lipinski definition) is 6. The standard InChI is InChI=1S/C19H22N4O5S/c1-28-19(25)22-15-6-8-17(9-7-15)29(26,27)23-11-3-4-14(13-23)18(24)21-16-5-2-10-20-12-16/h2,5-10,12,14H,3-4,11,13H2,1H3,(H,21,24)(H,22,25)/t14-/m1/s1. The maximum Gasteiger partial charge on any atom is 0.411 e. The van der Waals surface area contributed by atoms with Crippen molar-refractivity contribution in [2.75, 3.05) is 30.8 Å². The number of amides is 2. The molecule has 2 aromatic rings. The van der Waals surface area contributed by atoms with Crippen LogP contribution in [0.3, 0.4) is 0 Å². The third-order valence-corrected chi connectivity index (χ3v) is 6.49. The Morgan fingerprint density at radius 2 is 1.90 bits per heavy atom. The molecule has 3 rings (SSSR count). The van der Waals surface area contributed by atoms with E-state index in [9.17, 15) is 18.0 Å². The largest absolute Gasteiger partial charge is 0.453 e. The number of sulfonamides is 1. The van der Waals surface area contributed by atoms with Gasteiger partial charge in [0.05, 0.1) is 29.8 Å². The summed E-state index contributed by atoms with van der Waals surface area (Å²) in [5, 5.41) is 5.25. The molecule has 1 fully saturated rings. The SMILES string of the molecule is COC(=O)Nc1ccc(S(=O)(=O)N2CCC[C@@H](C(=O)Nc3cccnc3)C2)cc1. The molecule has 1 aromatic carbocycles. The number of benzene rings is 1. The van der Waals surface area contributed by atoms with Crippen LogP contribution in [0.5, 0.6) is 0 Å². The van der Waals surface area contributed by atoms with Gasteiger partial charge in [0, 0.05) is 25.0 Å². The van der Waals surface area contributed by atoms with Gasteiger partial charge in [-0.25, -0.2) is 13.2 Å². The summed E-state index contributed by atoms with van der Waals surface area (Å²) in [7, 11) is -2.51. The second-order valence-electron chi connectivity index (χ2n) is 6.57. The van der Waals surface area contributed by atoms with E-state index >= 15 is 0 Å². The lowest BCUT2D eigenvalue weighted by molar-refractivity contribution is -0.120. The molecule has 10 heteroatoms. The molecule has 0 spiro atoms. The van der Waals surface area contributed by atoms with Gasteiger partial charge >= 0.3 is 6.09 Å². The molecular weight excluding hydrogens is 396 g/mol. The summed E-state index contributed by atoms with van der Waals surface area (Å²) < 4.78 is 31.8. The van der Waals surface area contributed by atoms with Crippen LogP contribution in [-0.2, 0) is 19.6 Å². The number of anilines is 2. The van der Waals surface area contributed by atoms with Crippen molar-refractivity contribution in [1.29, 1.82) is 0 Å². The first-order chi connectivity index (χ1) is 13.9. The predicted molar refractivity (Wildman–Crippen MR) is 107 cm³/mol. The quantitative estimate of drug-likeness (QED) is 0.769. The molecule has 1 aromatic heterocycles. The van der Waals surface area contributed by atoms with Crippen LogP contribution in [0.2, 0.25) is 0 Å². The molecule has 0 saturated carbocycles. The maximum atomic E-state index is 13.0. The molecule has 2 amide bonds. The first-order valence-electron chi connectivity index (χ1n) is 9.06. The summed E-state index contributed by atoms with van der Waals surface area (Å²) in [5.74, 6) is -0.672. The van der Waals surface area contributed by atoms with E-state index in [0.29, 0.717) is 30.8 Å². The third kappa shape index (κ3) is 5.09. The summed E-state index contributed by atoms with van der Waals surface area (Å²) >= 11 is 0. The van der Waals surface area contributed by atoms with E-state index in [-0.39, 0.29) is 17.3 Å². The number of ether oxygens (including phenoxy) is 1. The first kappa shape index (κ1) is 20.7. The van der Waals surface area contributed by atoms with Gasteiger partial charge in [-0.3, -0.25) is 15.1 Å². The van der Waals surface area contributed by atoms with Crippen molar-refractivity contribution in [3.8, 4) is 0 Å². The second kappa shape index (κ2) is 9.01. The van der Waals surface area contributed by atoms with E-state index in [0.717, 1.165) is 0 Å². The van der Waals surface area contributed by atoms with E-state index in [2.05, 4.69) is 20.4 Å². The molecule has 0 aliphatic carbocycles. The number of carbonyl (C=O) groups is 2. The number of methoxy groups -OCH3 is 1. The molecule has 2 N–H and O–H groups in total. The van der Waals surface area contributed by atoms with Crippen molar-refractivity contribution in [2.24, 2.45) is 5.92 Å². The van der Waals surface area contributed by atoms with Crippen molar-refractivity contribution in [1.82, 2.24) is 9.29 Å². The monoisotopic (exact) mass is 418 g/mol. The molecule has 2 heterocycles. The Morgan fingerprint density at radius 3 is 2.55 bits per heavy atom. The van der Waals surface area contributed by atoms with Crippen LogP contribution in [0.25, 0.3) is 0 Å². The van der Waals surface area contributed by atoms with E-state index in [1.807, 2.05) is 0 Å². The topological polar surface area (TPSA) is 118 Å². The second-order valence-corrected chi connectivity index (χ2v) is 8.51. The number of piperidine rings is 1. The Balaban J connectivity index is 1.68. The number of nitrogens with zero attached hydrogens (tertiary/aromatic N) is 2. The van der Waals surface area contributed by atoms with Gasteiger partial charge in [-0.05, 0) is 49.2 Å². The Labute approximate surface area is 169 Å². The normalized spacial score (nSPS) is 17.3. The highest BCUT2D eigenvalue weighted by molar-refractivity contribution is 7.89. The third-order valence-electron chi connectivity index (χ3n) is 4.61. The van der Waals surface area contributed by atoms with Crippen LogP contribution in [0.1, 0.15) is 12.8 Å². The van der Waals surface area contributed by atoms with Crippen molar-refractivity contribution < 1.29 is 22.7 Å². The minimum Gasteiger partial charge on any atom is -0.453 e. The van der Waals surface area contributed by atoms with Gasteiger partial charge in [-0.2, -0.15) is 4.31 Å². The smallest absolute Gasteiger partial charge is 0.411 e. The molecule has 9 nitrogen and oxygen atoms in total. The Bertz CT molecular complexity index is 964. The van der Waals surface area contributed by atoms with Crippen LogP contribution < -0.4 is 10.6 Å². The van der Waals surface area contributed by atoms with Crippen LogP contribution in [0, 0.1) is 5.92 Å². The molecule has 154 valence electrons. The lowest BCUT2D eigenvalue weighted by Gasteiger charge is -2.31. The summed E-state index contributed by atoms with van der Waals surface area (Å²) in [4.78, 5) is 27.8. The average molecular weight is 418 g/mol. The van der Waals surface area contributed by atoms with Gasteiger partial charge in [0.2, 0.25) is 15.9 Å². The summed E-state index contributed by atoms with van der Waals surface area (Å²) in [5.41, 5.74) is 0.995. The minimum atomic E-state index is -3.76. The lowest BCUT2D eigenvalue weighted by atomic mass is 9.99. The van der Waals surface area contributed by atoms with E-state index < -0.39 is 22.0 Å². The molecular formula is C19H22N4O5S. The number of nitrogens with one attached hydrogen (secondary N) is 2. The maximum absolute atomic E-state index is 13.0. The fourth-order valence-corrected chi connectivity index (χ4v) is 4.61. The highest BCUT2D eigenvalue weighted by atomic mass is 32.2. The molecule has 1 saturated heterocycles. The van der Waals surface area contributed by atoms with Crippen molar-refractivity contribution >= 4 is 33.4 Å². The summed E-state index contributed by atoms with van der Waals surface area (Å²) in [6.45, 7) is 0.456. The number of hydrogen-bond donors (Lipinski definition) is 2. The van der Waals surface area contributed by atoms with Crippen LogP contribution >= 0.6 is 0 Å². The molecule has 0 unspecified atom stereocenters. The van der Waals surface area contributed by atoms with Crippen LogP contribution in [0.4, 0.5) is 16.2 Å². The van der Waals surface area contributed by atoms with Gasteiger partial charge in [0.1, 0.15) is 0 Å². The summed E-state index contributed by atoms with van der Waals surface area (Å²) in [6.07, 6.45) is 3.71. The zero-order valence-electron chi connectivity index (χ0n) is 15.9. The van der Waals surface area contributed by atoms with Crippen LogP contribution in [-0.4, -0.2) is 49.9 Å². The van der Waals surface area contributed by atoms with Gasteiger partial charge in [-0.1, -0.05) is 0 Å². The first-order valence-corrected chi connectivity index (χ1v) is 10.5. The van der Waals surface area contributed by atoms with Crippen molar-refractivity contribution in [2.45, 2.75) is 17.7 Å². The number of pyridine rings is 1. The zero-order valence-corrected chi connectivity index (χ0v) is 16.7. The molecule has 1 atom stereocenters. The molecule has 0 radical (unpaired) electrons. The Morgan fingerprint density at radius 1 is 1.14 bits per heavy atom. The molecule has 1 aliphatic heterocycles. The Kier molecular flexibility index (Phi) is 6.45. The number of rotatable bonds is 5. The highest BCUT2D eigenvalue weighted by Crippen LogP contribution is 2.25. The van der Waals surface area contributed by atoms with Crippen molar-refractivity contribution in [3.05, 3.63) is 48.8 Å². The van der Waals surface area contributed by atoms with Gasteiger partial charge in [0.25, 0.3) is 0 Å². The van der Waals surface area contributed by atoms with Crippen molar-refractivity contribution in [3.63, 3.8) is 0 Å². The zero-order chi connectivity index (χ0) is 20.9. The fourth-order valence-electron chi connectivity index (χ4n) is 3.08. The molecule has 29 heavy (non-hydrogen) atoms. The predicted octanol–water partition coefficient (Wildman–Crippen LogP) is 2.30. The molecule has 0 bridgehead atoms. The average Bonchev–Trinajstić information content (AvgIpc) is 2.75. The number of carbonyl (C=O) groups excluding carboxylic acids is 2. The Hall–Kier alpha value is -2.98. The fraction of sp³-hybridized carbons (Fsp3) is 0.316. The summed E-state index contributed by atoms with van der Waals surface area (Å²) in [6, 6.07) is 9.25. The van der Waals surface area contributed by atoms with E-state index in [4.69, 9.17) is 0 Å². The minimum absolute atomic E-state index is 0.0984. The van der Waals surface area contributed by atoms with Gasteiger partial charge in [-0.15, -0.1) is 0 Å². The number of aromatic nitrogens is 1. The molecule has 1 aliphatic rings. The van der Waals surface area contributed by atoms with Crippen LogP contribution in [0.15, 0.2) is 53.7 Å². The van der Waals surface area contributed by atoms with Gasteiger partial charge < -0.3 is 10.1 Å².